The minimum Gasteiger partial charge on any atom is -0.465 e. The van der Waals surface area contributed by atoms with Crippen LogP contribution in [0.25, 0.3) is 0 Å². The second-order valence-electron chi connectivity index (χ2n) is 5.92. The molecular formula is C21H16FN3O4. The zero-order chi connectivity index (χ0) is 20.8. The lowest BCUT2D eigenvalue weighted by molar-refractivity contribution is 0.0600. The Labute approximate surface area is 165 Å². The first-order valence-corrected chi connectivity index (χ1v) is 8.48. The standard InChI is InChI=1S/C21H16FN3O4/c1-29-21(28)13-5-4-6-16(10-13)24-19(26)14-9-15(12-23-11-14)20(27)25-18-8-3-2-7-17(18)22/h2-12H,1H3,(H,24,26)(H,25,27). The molecule has 0 spiro atoms. The quantitative estimate of drug-likeness (QED) is 0.647. The lowest BCUT2D eigenvalue weighted by Gasteiger charge is -2.09. The first kappa shape index (κ1) is 19.7. The molecule has 1 aromatic heterocycles. The van der Waals surface area contributed by atoms with Gasteiger partial charge in [0.15, 0.2) is 0 Å². The van der Waals surface area contributed by atoms with Crippen molar-refractivity contribution in [2.45, 2.75) is 0 Å². The maximum absolute atomic E-state index is 13.7. The summed E-state index contributed by atoms with van der Waals surface area (Å²) in [5.41, 5.74) is 0.881. The third-order valence-corrected chi connectivity index (χ3v) is 3.93. The average Bonchev–Trinajstić information content (AvgIpc) is 2.75. The molecule has 8 heteroatoms. The Hall–Kier alpha value is -4.07. The molecule has 0 unspecified atom stereocenters. The normalized spacial score (nSPS) is 10.1. The fourth-order valence-corrected chi connectivity index (χ4v) is 2.49. The van der Waals surface area contributed by atoms with E-state index in [0.29, 0.717) is 5.69 Å². The predicted molar refractivity (Wildman–Crippen MR) is 104 cm³/mol. The van der Waals surface area contributed by atoms with E-state index in [2.05, 4.69) is 20.4 Å². The molecule has 0 atom stereocenters. The molecule has 0 saturated heterocycles. The molecule has 2 amide bonds. The van der Waals surface area contributed by atoms with Crippen LogP contribution in [0.5, 0.6) is 0 Å². The van der Waals surface area contributed by atoms with Gasteiger partial charge in [-0.25, -0.2) is 9.18 Å². The van der Waals surface area contributed by atoms with Crippen molar-refractivity contribution >= 4 is 29.2 Å². The first-order chi connectivity index (χ1) is 14.0. The van der Waals surface area contributed by atoms with Gasteiger partial charge in [-0.05, 0) is 36.4 Å². The van der Waals surface area contributed by atoms with Crippen LogP contribution in [-0.4, -0.2) is 29.9 Å². The van der Waals surface area contributed by atoms with Gasteiger partial charge in [-0.15, -0.1) is 0 Å². The molecule has 0 aliphatic rings. The third kappa shape index (κ3) is 4.81. The summed E-state index contributed by atoms with van der Waals surface area (Å²) in [6.07, 6.45) is 2.56. The molecule has 0 aliphatic heterocycles. The van der Waals surface area contributed by atoms with E-state index in [9.17, 15) is 18.8 Å². The number of esters is 1. The largest absolute Gasteiger partial charge is 0.465 e. The van der Waals surface area contributed by atoms with E-state index in [1.54, 1.807) is 24.3 Å². The van der Waals surface area contributed by atoms with Crippen LogP contribution in [0.4, 0.5) is 15.8 Å². The highest BCUT2D eigenvalue weighted by Gasteiger charge is 2.14. The number of nitrogens with one attached hydrogen (secondary N) is 2. The summed E-state index contributed by atoms with van der Waals surface area (Å²) in [6.45, 7) is 0. The summed E-state index contributed by atoms with van der Waals surface area (Å²) < 4.78 is 18.4. The topological polar surface area (TPSA) is 97.4 Å². The van der Waals surface area contributed by atoms with Gasteiger partial charge >= 0.3 is 5.97 Å². The smallest absolute Gasteiger partial charge is 0.337 e. The van der Waals surface area contributed by atoms with Gasteiger partial charge in [0.2, 0.25) is 0 Å². The number of pyridine rings is 1. The number of para-hydroxylation sites is 1. The molecule has 0 aliphatic carbocycles. The van der Waals surface area contributed by atoms with Gasteiger partial charge in [-0.2, -0.15) is 0 Å². The second-order valence-corrected chi connectivity index (χ2v) is 5.92. The molecule has 7 nitrogen and oxygen atoms in total. The van der Waals surface area contributed by atoms with Gasteiger partial charge < -0.3 is 15.4 Å². The number of nitrogens with zero attached hydrogens (tertiary/aromatic N) is 1. The van der Waals surface area contributed by atoms with Crippen molar-refractivity contribution in [1.29, 1.82) is 0 Å². The van der Waals surface area contributed by atoms with Crippen LogP contribution in [0.3, 0.4) is 0 Å². The van der Waals surface area contributed by atoms with Gasteiger partial charge in [-0.1, -0.05) is 18.2 Å². The number of benzene rings is 2. The van der Waals surface area contributed by atoms with Crippen LogP contribution in [0.15, 0.2) is 67.0 Å². The second kappa shape index (κ2) is 8.75. The van der Waals surface area contributed by atoms with E-state index in [4.69, 9.17) is 0 Å². The van der Waals surface area contributed by atoms with Crippen LogP contribution < -0.4 is 10.6 Å². The molecule has 0 fully saturated rings. The van der Waals surface area contributed by atoms with E-state index in [-0.39, 0.29) is 22.4 Å². The van der Waals surface area contributed by atoms with Crippen molar-refractivity contribution in [1.82, 2.24) is 4.98 Å². The lowest BCUT2D eigenvalue weighted by atomic mass is 10.1. The van der Waals surface area contributed by atoms with Crippen molar-refractivity contribution in [3.8, 4) is 0 Å². The number of ether oxygens (including phenoxy) is 1. The summed E-state index contributed by atoms with van der Waals surface area (Å²) in [4.78, 5) is 40.3. The summed E-state index contributed by atoms with van der Waals surface area (Å²) in [5.74, 6) is -2.24. The molecule has 3 aromatic rings. The number of carbonyl (C=O) groups excluding carboxylic acids is 3. The predicted octanol–water partition coefficient (Wildman–Crippen LogP) is 3.51. The Morgan fingerprint density at radius 3 is 2.24 bits per heavy atom. The number of carbonyl (C=O) groups is 3. The highest BCUT2D eigenvalue weighted by Crippen LogP contribution is 2.16. The first-order valence-electron chi connectivity index (χ1n) is 8.48. The number of rotatable bonds is 5. The molecule has 0 radical (unpaired) electrons. The van der Waals surface area contributed by atoms with Crippen molar-refractivity contribution in [2.75, 3.05) is 17.7 Å². The zero-order valence-electron chi connectivity index (χ0n) is 15.3. The van der Waals surface area contributed by atoms with E-state index in [1.807, 2.05) is 0 Å². The van der Waals surface area contributed by atoms with Gasteiger partial charge in [0, 0.05) is 18.1 Å². The SMILES string of the molecule is COC(=O)c1cccc(NC(=O)c2cncc(C(=O)Nc3ccccc3F)c2)c1. The van der Waals surface area contributed by atoms with E-state index >= 15 is 0 Å². The molecular weight excluding hydrogens is 377 g/mol. The Kier molecular flexibility index (Phi) is 5.94. The number of methoxy groups -OCH3 is 1. The summed E-state index contributed by atoms with van der Waals surface area (Å²) >= 11 is 0. The van der Waals surface area contributed by atoms with E-state index in [0.717, 1.165) is 0 Å². The monoisotopic (exact) mass is 393 g/mol. The van der Waals surface area contributed by atoms with Crippen molar-refractivity contribution in [3.63, 3.8) is 0 Å². The molecule has 0 saturated carbocycles. The van der Waals surface area contributed by atoms with E-state index < -0.39 is 23.6 Å². The van der Waals surface area contributed by atoms with E-state index in [1.165, 1.54) is 49.8 Å². The lowest BCUT2D eigenvalue weighted by Crippen LogP contribution is -2.17. The molecule has 2 aromatic carbocycles. The molecule has 3 rings (SSSR count). The fraction of sp³-hybridized carbons (Fsp3) is 0.0476. The fourth-order valence-electron chi connectivity index (χ4n) is 2.49. The molecule has 2 N–H and O–H groups in total. The Bertz CT molecular complexity index is 1080. The molecule has 146 valence electrons. The number of aromatic nitrogens is 1. The maximum Gasteiger partial charge on any atom is 0.337 e. The minimum absolute atomic E-state index is 0.0204. The van der Waals surface area contributed by atoms with Crippen molar-refractivity contribution in [2.24, 2.45) is 0 Å². The van der Waals surface area contributed by atoms with Crippen molar-refractivity contribution < 1.29 is 23.5 Å². The molecule has 1 heterocycles. The van der Waals surface area contributed by atoms with Crippen molar-refractivity contribution in [3.05, 3.63) is 89.5 Å². The van der Waals surface area contributed by atoms with Gasteiger partial charge in [0.25, 0.3) is 11.8 Å². The Morgan fingerprint density at radius 2 is 1.55 bits per heavy atom. The average molecular weight is 393 g/mol. The number of hydrogen-bond acceptors (Lipinski definition) is 5. The minimum atomic E-state index is -0.607. The highest BCUT2D eigenvalue weighted by molar-refractivity contribution is 6.08. The Morgan fingerprint density at radius 1 is 0.862 bits per heavy atom. The number of halogens is 1. The maximum atomic E-state index is 13.7. The van der Waals surface area contributed by atoms with Crippen LogP contribution >= 0.6 is 0 Å². The Balaban J connectivity index is 1.75. The van der Waals surface area contributed by atoms with Gasteiger partial charge in [-0.3, -0.25) is 14.6 Å². The summed E-state index contributed by atoms with van der Waals surface area (Å²) in [5, 5.41) is 5.06. The third-order valence-electron chi connectivity index (χ3n) is 3.93. The molecule has 29 heavy (non-hydrogen) atoms. The zero-order valence-corrected chi connectivity index (χ0v) is 15.3. The summed E-state index contributed by atoms with van der Waals surface area (Å²) in [7, 11) is 1.26. The number of hydrogen-bond donors (Lipinski definition) is 2. The van der Waals surface area contributed by atoms with Gasteiger partial charge in [0.1, 0.15) is 5.82 Å². The van der Waals surface area contributed by atoms with Crippen LogP contribution in [0.2, 0.25) is 0 Å². The number of anilines is 2. The van der Waals surface area contributed by atoms with Crippen LogP contribution in [0.1, 0.15) is 31.1 Å². The molecule has 0 bridgehead atoms. The van der Waals surface area contributed by atoms with Crippen LogP contribution in [-0.2, 0) is 4.74 Å². The number of amides is 2. The highest BCUT2D eigenvalue weighted by atomic mass is 19.1. The van der Waals surface area contributed by atoms with Gasteiger partial charge in [0.05, 0.1) is 29.5 Å². The van der Waals surface area contributed by atoms with Crippen LogP contribution in [0, 0.1) is 5.82 Å². The summed E-state index contributed by atoms with van der Waals surface area (Å²) in [6, 6.07) is 13.3.